The largest absolute Gasteiger partial charge is 0.493 e. The van der Waals surface area contributed by atoms with Crippen LogP contribution in [0.5, 0.6) is 23.0 Å². The number of thiazole rings is 1. The van der Waals surface area contributed by atoms with Crippen LogP contribution in [0.25, 0.3) is 6.08 Å². The van der Waals surface area contributed by atoms with Gasteiger partial charge in [0.05, 0.1) is 49.3 Å². The van der Waals surface area contributed by atoms with Gasteiger partial charge in [0.2, 0.25) is 0 Å². The van der Waals surface area contributed by atoms with Gasteiger partial charge in [0.25, 0.3) is 5.56 Å². The Labute approximate surface area is 234 Å². The summed E-state index contributed by atoms with van der Waals surface area (Å²) >= 11 is 1.19. The number of hydrogen-bond donors (Lipinski definition) is 0. The van der Waals surface area contributed by atoms with E-state index in [0.717, 1.165) is 0 Å². The van der Waals surface area contributed by atoms with Crippen molar-refractivity contribution in [2.24, 2.45) is 4.99 Å². The highest BCUT2D eigenvalue weighted by atomic mass is 32.1. The van der Waals surface area contributed by atoms with Crippen LogP contribution in [0.4, 0.5) is 0 Å². The molecule has 1 atom stereocenters. The number of aromatic nitrogens is 1. The van der Waals surface area contributed by atoms with E-state index in [-0.39, 0.29) is 16.9 Å². The SMILES string of the molecule is CCOc1ccc([C@H]2C(C(=O)OC)=C(C)N=c3s/c(=C\c4ccc(OC(C)=O)c(OC)c4)c(=O)n32)cc1OCC. The molecule has 0 radical (unpaired) electrons. The molecule has 11 heteroatoms. The van der Waals surface area contributed by atoms with E-state index in [1.807, 2.05) is 13.8 Å². The van der Waals surface area contributed by atoms with Gasteiger partial charge in [0, 0.05) is 6.92 Å². The summed E-state index contributed by atoms with van der Waals surface area (Å²) in [5, 5.41) is 0. The standard InChI is InChI=1S/C29H30N2O8S/c1-7-37-20-12-10-19(15-23(20)38-8-2)26-25(28(34)36-6)16(3)30-29-31(26)27(33)24(40-29)14-18-9-11-21(39-17(4)32)22(13-18)35-5/h9-15,26H,7-8H2,1-6H3/b24-14-/t26-/m0/s1. The fourth-order valence-electron chi connectivity index (χ4n) is 4.41. The number of esters is 2. The van der Waals surface area contributed by atoms with Crippen LogP contribution >= 0.6 is 11.3 Å². The molecule has 0 fully saturated rings. The van der Waals surface area contributed by atoms with Crippen LogP contribution in [-0.4, -0.2) is 43.9 Å². The summed E-state index contributed by atoms with van der Waals surface area (Å²) in [5.74, 6) is 0.620. The van der Waals surface area contributed by atoms with E-state index in [4.69, 9.17) is 23.7 Å². The van der Waals surface area contributed by atoms with Gasteiger partial charge in [-0.05, 0) is 62.2 Å². The van der Waals surface area contributed by atoms with Crippen LogP contribution in [0.15, 0.2) is 57.5 Å². The second kappa shape index (κ2) is 12.2. The quantitative estimate of drug-likeness (QED) is 0.287. The van der Waals surface area contributed by atoms with Crippen LogP contribution in [0, 0.1) is 0 Å². The van der Waals surface area contributed by atoms with Crippen molar-refractivity contribution in [3.8, 4) is 23.0 Å². The molecule has 2 aromatic carbocycles. The van der Waals surface area contributed by atoms with Gasteiger partial charge in [-0.1, -0.05) is 23.5 Å². The molecule has 210 valence electrons. The zero-order chi connectivity index (χ0) is 29.0. The van der Waals surface area contributed by atoms with E-state index in [9.17, 15) is 14.4 Å². The zero-order valence-electron chi connectivity index (χ0n) is 23.1. The smallest absolute Gasteiger partial charge is 0.338 e. The lowest BCUT2D eigenvalue weighted by Gasteiger charge is -2.25. The fourth-order valence-corrected chi connectivity index (χ4v) is 5.46. The van der Waals surface area contributed by atoms with Crippen LogP contribution in [0.2, 0.25) is 0 Å². The van der Waals surface area contributed by atoms with Gasteiger partial charge in [-0.3, -0.25) is 14.2 Å². The van der Waals surface area contributed by atoms with Crippen molar-refractivity contribution in [1.29, 1.82) is 0 Å². The maximum absolute atomic E-state index is 13.9. The summed E-state index contributed by atoms with van der Waals surface area (Å²) in [6.07, 6.45) is 1.70. The molecule has 0 N–H and O–H groups in total. The second-order valence-corrected chi connectivity index (χ2v) is 9.66. The minimum absolute atomic E-state index is 0.250. The first-order chi connectivity index (χ1) is 19.2. The number of fused-ring (bicyclic) bond motifs is 1. The Hall–Kier alpha value is -4.38. The Morgan fingerprint density at radius 1 is 1.00 bits per heavy atom. The highest BCUT2D eigenvalue weighted by molar-refractivity contribution is 7.07. The number of allylic oxidation sites excluding steroid dienone is 1. The first kappa shape index (κ1) is 28.6. The van der Waals surface area contributed by atoms with E-state index >= 15 is 0 Å². The van der Waals surface area contributed by atoms with E-state index in [0.29, 0.717) is 56.6 Å². The maximum atomic E-state index is 13.9. The average molecular weight is 567 g/mol. The average Bonchev–Trinajstić information content (AvgIpc) is 3.23. The molecule has 0 amide bonds. The summed E-state index contributed by atoms with van der Waals surface area (Å²) in [7, 11) is 2.76. The van der Waals surface area contributed by atoms with Gasteiger partial charge in [0.15, 0.2) is 27.8 Å². The second-order valence-electron chi connectivity index (χ2n) is 8.65. The van der Waals surface area contributed by atoms with Crippen molar-refractivity contribution in [1.82, 2.24) is 4.57 Å². The van der Waals surface area contributed by atoms with Gasteiger partial charge in [-0.25, -0.2) is 9.79 Å². The van der Waals surface area contributed by atoms with Crippen LogP contribution in [0.1, 0.15) is 44.9 Å². The highest BCUT2D eigenvalue weighted by Gasteiger charge is 2.33. The topological polar surface area (TPSA) is 115 Å². The third-order valence-electron chi connectivity index (χ3n) is 6.05. The molecule has 0 bridgehead atoms. The van der Waals surface area contributed by atoms with E-state index < -0.39 is 18.0 Å². The van der Waals surface area contributed by atoms with Crippen molar-refractivity contribution in [3.05, 3.63) is 78.5 Å². The molecular formula is C29H30N2O8S. The summed E-state index contributed by atoms with van der Waals surface area (Å²) in [4.78, 5) is 43.3. The Morgan fingerprint density at radius 2 is 1.70 bits per heavy atom. The van der Waals surface area contributed by atoms with Crippen LogP contribution in [-0.2, 0) is 14.3 Å². The molecule has 0 unspecified atom stereocenters. The predicted molar refractivity (Wildman–Crippen MR) is 149 cm³/mol. The minimum atomic E-state index is -0.804. The molecule has 1 aliphatic heterocycles. The number of ether oxygens (including phenoxy) is 5. The first-order valence-corrected chi connectivity index (χ1v) is 13.4. The molecule has 0 aliphatic carbocycles. The number of benzene rings is 2. The molecule has 0 saturated carbocycles. The molecule has 1 aromatic heterocycles. The number of carbonyl (C=O) groups is 2. The van der Waals surface area contributed by atoms with E-state index in [2.05, 4.69) is 4.99 Å². The van der Waals surface area contributed by atoms with Gasteiger partial charge >= 0.3 is 11.9 Å². The van der Waals surface area contributed by atoms with E-state index in [1.54, 1.807) is 49.4 Å². The molecule has 40 heavy (non-hydrogen) atoms. The molecule has 3 aromatic rings. The van der Waals surface area contributed by atoms with Crippen LogP contribution < -0.4 is 33.8 Å². The Bertz CT molecular complexity index is 1670. The molecule has 1 aliphatic rings. The minimum Gasteiger partial charge on any atom is -0.493 e. The molecule has 2 heterocycles. The number of rotatable bonds is 9. The molecule has 0 spiro atoms. The monoisotopic (exact) mass is 566 g/mol. The lowest BCUT2D eigenvalue weighted by molar-refractivity contribution is -0.136. The number of hydrogen-bond acceptors (Lipinski definition) is 10. The molecule has 0 saturated heterocycles. The summed E-state index contributed by atoms with van der Waals surface area (Å²) < 4.78 is 29.0. The molecular weight excluding hydrogens is 536 g/mol. The third kappa shape index (κ3) is 5.64. The van der Waals surface area contributed by atoms with Crippen molar-refractivity contribution in [3.63, 3.8) is 0 Å². The number of carbonyl (C=O) groups excluding carboxylic acids is 2. The van der Waals surface area contributed by atoms with Gasteiger partial charge < -0.3 is 23.7 Å². The molecule has 10 nitrogen and oxygen atoms in total. The third-order valence-corrected chi connectivity index (χ3v) is 7.03. The van der Waals surface area contributed by atoms with Gasteiger partial charge in [0.1, 0.15) is 0 Å². The fraction of sp³-hybridized carbons (Fsp3) is 0.310. The normalized spacial score (nSPS) is 14.8. The van der Waals surface area contributed by atoms with Crippen molar-refractivity contribution < 1.29 is 33.3 Å². The van der Waals surface area contributed by atoms with Gasteiger partial charge in [-0.15, -0.1) is 0 Å². The number of methoxy groups -OCH3 is 2. The predicted octanol–water partition coefficient (Wildman–Crippen LogP) is 3.14. The Morgan fingerprint density at radius 3 is 2.35 bits per heavy atom. The van der Waals surface area contributed by atoms with Crippen LogP contribution in [0.3, 0.4) is 0 Å². The highest BCUT2D eigenvalue weighted by Crippen LogP contribution is 2.36. The van der Waals surface area contributed by atoms with Crippen molar-refractivity contribution in [2.45, 2.75) is 33.7 Å². The first-order valence-electron chi connectivity index (χ1n) is 12.6. The zero-order valence-corrected chi connectivity index (χ0v) is 23.9. The van der Waals surface area contributed by atoms with Crippen molar-refractivity contribution >= 4 is 29.4 Å². The summed E-state index contributed by atoms with van der Waals surface area (Å²) in [6, 6.07) is 9.51. The van der Waals surface area contributed by atoms with E-state index in [1.165, 1.54) is 37.0 Å². The Balaban J connectivity index is 1.91. The number of nitrogens with zero attached hydrogens (tertiary/aromatic N) is 2. The lowest BCUT2D eigenvalue weighted by Crippen LogP contribution is -2.39. The van der Waals surface area contributed by atoms with Gasteiger partial charge in [-0.2, -0.15) is 0 Å². The molecule has 4 rings (SSSR count). The maximum Gasteiger partial charge on any atom is 0.338 e. The Kier molecular flexibility index (Phi) is 8.73. The lowest BCUT2D eigenvalue weighted by atomic mass is 9.95. The van der Waals surface area contributed by atoms with Crippen molar-refractivity contribution in [2.75, 3.05) is 27.4 Å². The summed E-state index contributed by atoms with van der Waals surface area (Å²) in [6.45, 7) is 7.62. The summed E-state index contributed by atoms with van der Waals surface area (Å²) in [5.41, 5.74) is 1.65.